The summed E-state index contributed by atoms with van der Waals surface area (Å²) in [6.45, 7) is 0.451. The van der Waals surface area contributed by atoms with Crippen molar-refractivity contribution < 1.29 is 72.9 Å². The van der Waals surface area contributed by atoms with Gasteiger partial charge in [-0.25, -0.2) is 0 Å². The van der Waals surface area contributed by atoms with Crippen LogP contribution in [0.2, 0.25) is 0 Å². The normalized spacial score (nSPS) is 8.79. The summed E-state index contributed by atoms with van der Waals surface area (Å²) in [7, 11) is 0. The molecule has 0 saturated carbocycles. The van der Waals surface area contributed by atoms with Crippen molar-refractivity contribution in [3.05, 3.63) is 44.8 Å². The molecular formula is C10H16BrKN6O6. The summed E-state index contributed by atoms with van der Waals surface area (Å²) in [5.41, 5.74) is 0. The van der Waals surface area contributed by atoms with Crippen molar-refractivity contribution in [2.24, 2.45) is 0 Å². The number of rotatable bonds is 5. The zero-order valence-corrected chi connectivity index (χ0v) is 17.5. The van der Waals surface area contributed by atoms with Gasteiger partial charge in [-0.15, -0.1) is 5.10 Å². The van der Waals surface area contributed by atoms with Crippen molar-refractivity contribution in [2.45, 2.75) is 6.54 Å². The van der Waals surface area contributed by atoms with Gasteiger partial charge in [-0.3, -0.25) is 0 Å². The van der Waals surface area contributed by atoms with E-state index in [1.54, 1.807) is 0 Å². The van der Waals surface area contributed by atoms with E-state index in [-0.39, 0.29) is 84.2 Å². The fourth-order valence-electron chi connectivity index (χ4n) is 1.03. The Balaban J connectivity index is -0.000000308. The van der Waals surface area contributed by atoms with E-state index in [1.165, 1.54) is 29.2 Å². The zero-order chi connectivity index (χ0) is 17.7. The molecule has 0 spiro atoms. The number of aliphatic hydroxyl groups excluding tert-OH is 2. The molecule has 2 aromatic rings. The number of aromatic nitrogens is 4. The Bertz CT molecular complexity index is 584. The number of nitro groups is 2. The molecule has 0 amide bonds. The van der Waals surface area contributed by atoms with E-state index in [4.69, 9.17) is 10.2 Å². The molecule has 2 rings (SSSR count). The monoisotopic (exact) mass is 434 g/mol. The molecule has 14 heteroatoms. The molecule has 3 N–H and O–H groups in total. The van der Waals surface area contributed by atoms with Crippen LogP contribution < -0.4 is 51.4 Å². The number of aliphatic hydroxyl groups is 2. The Morgan fingerprint density at radius 2 is 1.88 bits per heavy atom. The molecule has 0 fully saturated rings. The second-order valence-corrected chi connectivity index (χ2v) is 4.32. The van der Waals surface area contributed by atoms with Gasteiger partial charge in [-0.05, 0) is 9.85 Å². The van der Waals surface area contributed by atoms with Gasteiger partial charge in [0.25, 0.3) is 0 Å². The van der Waals surface area contributed by atoms with E-state index in [0.717, 1.165) is 0 Å². The van der Waals surface area contributed by atoms with Crippen molar-refractivity contribution >= 4 is 27.6 Å². The van der Waals surface area contributed by atoms with Crippen LogP contribution in [0.3, 0.4) is 0 Å². The molecule has 0 radical (unpaired) electrons. The van der Waals surface area contributed by atoms with Gasteiger partial charge in [-0.1, -0.05) is 21.0 Å². The quantitative estimate of drug-likeness (QED) is 0.202. The van der Waals surface area contributed by atoms with E-state index >= 15 is 0 Å². The van der Waals surface area contributed by atoms with Crippen LogP contribution in [0.5, 0.6) is 0 Å². The summed E-state index contributed by atoms with van der Waals surface area (Å²) in [5.74, 6) is -0.275. The first-order valence-electron chi connectivity index (χ1n) is 6.05. The number of nitrogens with one attached hydrogen (secondary N) is 1. The number of halogens is 1. The third-order valence-electron chi connectivity index (χ3n) is 1.91. The van der Waals surface area contributed by atoms with Gasteiger partial charge in [0.1, 0.15) is 0 Å². The van der Waals surface area contributed by atoms with Gasteiger partial charge < -0.3 is 31.9 Å². The maximum atomic E-state index is 10.1. The van der Waals surface area contributed by atoms with Crippen LogP contribution in [0.1, 0.15) is 1.43 Å². The topological polar surface area (TPSA) is 173 Å². The third kappa shape index (κ3) is 11.7. The Kier molecular flexibility index (Phi) is 16.7. The summed E-state index contributed by atoms with van der Waals surface area (Å²) < 4.78 is 1.32. The van der Waals surface area contributed by atoms with Crippen LogP contribution in [-0.2, 0) is 6.54 Å². The van der Waals surface area contributed by atoms with Gasteiger partial charge in [0.15, 0.2) is 0 Å². The molecule has 0 aromatic carbocycles. The van der Waals surface area contributed by atoms with E-state index in [9.17, 15) is 20.2 Å². The second kappa shape index (κ2) is 15.8. The van der Waals surface area contributed by atoms with E-state index in [0.29, 0.717) is 5.33 Å². The second-order valence-electron chi connectivity index (χ2n) is 3.53. The molecule has 0 unspecified atom stereocenters. The van der Waals surface area contributed by atoms with Crippen molar-refractivity contribution in [1.29, 1.82) is 0 Å². The number of hydrogen-bond acceptors (Lipinski definition) is 8. The molecule has 2 heterocycles. The minimum Gasteiger partial charge on any atom is -1.00 e. The van der Waals surface area contributed by atoms with Gasteiger partial charge >= 0.3 is 63.0 Å². The predicted molar refractivity (Wildman–Crippen MR) is 83.2 cm³/mol. The molecule has 0 bridgehead atoms. The molecule has 0 aliphatic heterocycles. The first kappa shape index (κ1) is 25.5. The molecular weight excluding hydrogens is 419 g/mol. The fourth-order valence-corrected chi connectivity index (χ4v) is 1.03. The summed E-state index contributed by atoms with van der Waals surface area (Å²) in [6, 6.07) is 2.58. The summed E-state index contributed by atoms with van der Waals surface area (Å²) >= 11 is 3.00. The summed E-state index contributed by atoms with van der Waals surface area (Å²) in [4.78, 5) is 18.8. The third-order valence-corrected chi connectivity index (χ3v) is 2.26. The first-order chi connectivity index (χ1) is 11.0. The van der Waals surface area contributed by atoms with E-state index < -0.39 is 9.85 Å². The smallest absolute Gasteiger partial charge is 1.00 e. The van der Waals surface area contributed by atoms with Crippen LogP contribution in [0.25, 0.3) is 0 Å². The van der Waals surface area contributed by atoms with E-state index in [2.05, 4.69) is 31.2 Å². The Morgan fingerprint density at radius 1 is 1.25 bits per heavy atom. The Labute approximate surface area is 188 Å². The first-order valence-corrected chi connectivity index (χ1v) is 7.17. The minimum absolute atomic E-state index is 0. The summed E-state index contributed by atoms with van der Waals surface area (Å²) in [6.07, 6.45) is 2.78. The molecule has 2 aromatic heterocycles. The number of nitrogens with zero attached hydrogens (tertiary/aromatic N) is 5. The predicted octanol–water partition coefficient (Wildman–Crippen LogP) is -2.41. The Hall–Kier alpha value is -0.744. The van der Waals surface area contributed by atoms with Crippen LogP contribution in [-0.4, -0.2) is 58.6 Å². The summed E-state index contributed by atoms with van der Waals surface area (Å²) in [5, 5.41) is 46.0. The van der Waals surface area contributed by atoms with E-state index in [1.807, 2.05) is 0 Å². The fraction of sp³-hybridized carbons (Fsp3) is 0.400. The average Bonchev–Trinajstić information content (AvgIpc) is 3.20. The molecule has 0 saturated heterocycles. The molecule has 0 atom stereocenters. The van der Waals surface area contributed by atoms with Crippen molar-refractivity contribution in [2.75, 3.05) is 18.5 Å². The molecule has 0 aliphatic rings. The van der Waals surface area contributed by atoms with Crippen molar-refractivity contribution in [3.63, 3.8) is 0 Å². The average molecular weight is 435 g/mol. The van der Waals surface area contributed by atoms with Crippen molar-refractivity contribution in [3.8, 4) is 0 Å². The molecule has 24 heavy (non-hydrogen) atoms. The van der Waals surface area contributed by atoms with Gasteiger partial charge in [0, 0.05) is 5.33 Å². The number of hydrogen-bond donors (Lipinski definition) is 3. The standard InChI is InChI=1S/C5H7N3O3.C3H3N3O2.C2H5BrO.K.H/c9-4-3-7-2-1-5(6-7)8(10)11;7-6(8)3-1-2-4-5-3;3-1-2-4;;/h1-2,9H,3-4H2;1-2H,(H,4,5);4H,1-2H2;;/q;;;+1;-1. The number of H-pyrrole nitrogens is 1. The molecule has 12 nitrogen and oxygen atoms in total. The largest absolute Gasteiger partial charge is 1.00 e. The van der Waals surface area contributed by atoms with Gasteiger partial charge in [-0.2, -0.15) is 4.68 Å². The molecule has 0 aliphatic carbocycles. The maximum absolute atomic E-state index is 10.1. The van der Waals surface area contributed by atoms with Crippen LogP contribution in [0.15, 0.2) is 24.5 Å². The van der Waals surface area contributed by atoms with Crippen LogP contribution in [0.4, 0.5) is 11.6 Å². The zero-order valence-electron chi connectivity index (χ0n) is 13.8. The van der Waals surface area contributed by atoms with Crippen LogP contribution >= 0.6 is 15.9 Å². The maximum Gasteiger partial charge on any atom is 1.00 e. The SMILES string of the molecule is O=[N+]([O-])c1ccn(CCO)n1.O=[N+]([O-])c1ccn[nH]1.OCCBr.[H-].[K+]. The Morgan fingerprint density at radius 3 is 2.17 bits per heavy atom. The van der Waals surface area contributed by atoms with Gasteiger partial charge in [0.2, 0.25) is 0 Å². The van der Waals surface area contributed by atoms with Gasteiger partial charge in [0.05, 0.1) is 49.4 Å². The number of alkyl halides is 1. The number of aromatic amines is 1. The minimum atomic E-state index is -0.576. The van der Waals surface area contributed by atoms with Crippen molar-refractivity contribution in [1.82, 2.24) is 20.0 Å². The van der Waals surface area contributed by atoms with Crippen LogP contribution in [0, 0.1) is 20.2 Å². The molecule has 130 valence electrons.